The minimum absolute atomic E-state index is 0.180. The molecule has 1 atom stereocenters. The Morgan fingerprint density at radius 3 is 2.21 bits per heavy atom. The molecule has 2 aromatic rings. The second-order valence-corrected chi connectivity index (χ2v) is 14.0. The van der Waals surface area contributed by atoms with Crippen LogP contribution in [0.5, 0.6) is 0 Å². The van der Waals surface area contributed by atoms with E-state index in [1.54, 1.807) is 10.4 Å². The van der Waals surface area contributed by atoms with E-state index in [0.717, 1.165) is 66.7 Å². The lowest BCUT2D eigenvalue weighted by Gasteiger charge is -2.59. The van der Waals surface area contributed by atoms with Gasteiger partial charge in [0.1, 0.15) is 0 Å². The summed E-state index contributed by atoms with van der Waals surface area (Å²) in [6, 6.07) is 11.5. The number of rotatable bonds is 5. The smallest absolute Gasteiger partial charge is 0.265 e. The van der Waals surface area contributed by atoms with Crippen molar-refractivity contribution in [3.05, 3.63) is 36.4 Å². The second kappa shape index (κ2) is 7.68. The molecule has 0 amide bonds. The first-order valence-corrected chi connectivity index (χ1v) is 14.8. The van der Waals surface area contributed by atoms with Crippen molar-refractivity contribution in [2.45, 2.75) is 62.4 Å². The molecule has 0 radical (unpaired) electrons. The fraction of sp³-hybridized carbons (Fsp3) is 0.643. The first-order valence-electron chi connectivity index (χ1n) is 13.4. The fourth-order valence-electron chi connectivity index (χ4n) is 8.76. The molecule has 1 saturated heterocycles. The molecule has 5 nitrogen and oxygen atoms in total. The van der Waals surface area contributed by atoms with Gasteiger partial charge in [0.05, 0.1) is 16.7 Å². The molecule has 0 unspecified atom stereocenters. The van der Waals surface area contributed by atoms with Crippen molar-refractivity contribution >= 4 is 26.5 Å². The number of benzene rings is 2. The Hall–Kier alpha value is -1.63. The zero-order valence-corrected chi connectivity index (χ0v) is 20.7. The van der Waals surface area contributed by atoms with Crippen LogP contribution in [-0.2, 0) is 10.0 Å². The number of likely N-dealkylation sites (tertiary alicyclic amines) is 1. The highest BCUT2D eigenvalue weighted by Crippen LogP contribution is 2.61. The van der Waals surface area contributed by atoms with E-state index in [-0.39, 0.29) is 11.5 Å². The Kier molecular flexibility index (Phi) is 4.89. The largest absolute Gasteiger partial charge is 0.391 e. The number of hydrogen-bond acceptors (Lipinski definition) is 4. The van der Waals surface area contributed by atoms with E-state index in [2.05, 4.69) is 4.90 Å². The first kappa shape index (κ1) is 21.6. The molecule has 0 spiro atoms. The summed E-state index contributed by atoms with van der Waals surface area (Å²) in [5.41, 5.74) is 1.02. The lowest BCUT2D eigenvalue weighted by molar-refractivity contribution is -0.127. The molecule has 182 valence electrons. The molecule has 6 heteroatoms. The van der Waals surface area contributed by atoms with Crippen LogP contribution in [0.3, 0.4) is 0 Å². The van der Waals surface area contributed by atoms with Gasteiger partial charge in [-0.2, -0.15) is 0 Å². The monoisotopic (exact) mass is 480 g/mol. The molecule has 0 aromatic heterocycles. The van der Waals surface area contributed by atoms with Gasteiger partial charge in [-0.05, 0) is 111 Å². The molecule has 2 heterocycles. The van der Waals surface area contributed by atoms with Crippen molar-refractivity contribution in [2.24, 2.45) is 29.1 Å². The van der Waals surface area contributed by atoms with E-state index in [1.165, 1.54) is 38.5 Å². The first-order chi connectivity index (χ1) is 16.4. The average Bonchev–Trinajstić information content (AvgIpc) is 3.03. The zero-order valence-electron chi connectivity index (χ0n) is 19.9. The van der Waals surface area contributed by atoms with E-state index in [0.29, 0.717) is 17.4 Å². The third kappa shape index (κ3) is 3.28. The van der Waals surface area contributed by atoms with E-state index >= 15 is 0 Å². The topological polar surface area (TPSA) is 60.9 Å². The Labute approximate surface area is 203 Å². The van der Waals surface area contributed by atoms with Gasteiger partial charge in [-0.3, -0.25) is 4.31 Å². The number of β-amino-alcohol motifs (C(OH)–C–C–N with tert-alkyl or cyclic N) is 1. The van der Waals surface area contributed by atoms with Crippen molar-refractivity contribution in [1.82, 2.24) is 4.90 Å². The molecule has 34 heavy (non-hydrogen) atoms. The second-order valence-electron chi connectivity index (χ2n) is 12.2. The molecule has 2 aliphatic heterocycles. The molecule has 8 rings (SSSR count). The van der Waals surface area contributed by atoms with Gasteiger partial charge in [0, 0.05) is 18.5 Å². The predicted molar refractivity (Wildman–Crippen MR) is 134 cm³/mol. The van der Waals surface area contributed by atoms with Gasteiger partial charge in [-0.25, -0.2) is 8.42 Å². The number of nitrogens with zero attached hydrogens (tertiary/aromatic N) is 2. The molecule has 4 aliphatic carbocycles. The highest BCUT2D eigenvalue weighted by Gasteiger charge is 2.54. The van der Waals surface area contributed by atoms with Crippen LogP contribution in [-0.4, -0.2) is 50.7 Å². The number of piperidine rings is 1. The number of aliphatic hydroxyl groups is 1. The van der Waals surface area contributed by atoms with Crippen molar-refractivity contribution in [3.63, 3.8) is 0 Å². The molecule has 2 aromatic carbocycles. The van der Waals surface area contributed by atoms with Crippen LogP contribution in [0.25, 0.3) is 10.8 Å². The Balaban J connectivity index is 1.01. The van der Waals surface area contributed by atoms with Crippen molar-refractivity contribution in [2.75, 3.05) is 30.5 Å². The van der Waals surface area contributed by atoms with Crippen LogP contribution in [0.1, 0.15) is 51.4 Å². The van der Waals surface area contributed by atoms with Gasteiger partial charge in [-0.15, -0.1) is 0 Å². The van der Waals surface area contributed by atoms with Crippen LogP contribution in [0.2, 0.25) is 0 Å². The quantitative estimate of drug-likeness (QED) is 0.677. The fourth-order valence-corrected chi connectivity index (χ4v) is 10.6. The predicted octanol–water partition coefficient (Wildman–Crippen LogP) is 4.64. The summed E-state index contributed by atoms with van der Waals surface area (Å²) in [6.07, 6.45) is 9.75. The maximum atomic E-state index is 13.3. The highest BCUT2D eigenvalue weighted by atomic mass is 32.2. The standard InChI is InChI=1S/C28H36N2O3S/c31-26(28-14-20-11-21(15-28)13-22(12-20)16-28)18-29-9-7-19(8-10-29)17-30-24-5-1-3-23-4-2-6-25(27(23)24)34(30,32)33/h1-6,19-22,26,31H,7-18H2/t20?,21?,22?,26-,28?/m0/s1. The van der Waals surface area contributed by atoms with E-state index in [4.69, 9.17) is 0 Å². The summed E-state index contributed by atoms with van der Waals surface area (Å²) >= 11 is 0. The summed E-state index contributed by atoms with van der Waals surface area (Å²) < 4.78 is 28.3. The SMILES string of the molecule is O=S1(=O)c2cccc3cccc(c23)N1CC1CCN(C[C@H](O)C23CC4CC(CC(C4)C2)C3)CC1. The Morgan fingerprint density at radius 2 is 1.56 bits per heavy atom. The lowest BCUT2D eigenvalue weighted by Crippen LogP contribution is -2.55. The molecule has 6 aliphatic rings. The molecule has 4 saturated carbocycles. The Morgan fingerprint density at radius 1 is 0.941 bits per heavy atom. The van der Waals surface area contributed by atoms with Crippen molar-refractivity contribution in [3.8, 4) is 0 Å². The molecular weight excluding hydrogens is 444 g/mol. The van der Waals surface area contributed by atoms with Crippen LogP contribution < -0.4 is 4.31 Å². The molecule has 1 N–H and O–H groups in total. The van der Waals surface area contributed by atoms with Gasteiger partial charge < -0.3 is 10.0 Å². The van der Waals surface area contributed by atoms with Gasteiger partial charge in [0.15, 0.2) is 0 Å². The summed E-state index contributed by atoms with van der Waals surface area (Å²) in [5, 5.41) is 13.3. The maximum Gasteiger partial charge on any atom is 0.265 e. The third-order valence-corrected chi connectivity index (χ3v) is 11.9. The van der Waals surface area contributed by atoms with Gasteiger partial charge in [0.25, 0.3) is 10.0 Å². The van der Waals surface area contributed by atoms with Crippen LogP contribution in [0.15, 0.2) is 41.3 Å². The number of sulfonamides is 1. The third-order valence-electron chi connectivity index (χ3n) is 10.0. The maximum absolute atomic E-state index is 13.3. The Bertz CT molecular complexity index is 1180. The molecular formula is C28H36N2O3S. The minimum Gasteiger partial charge on any atom is -0.391 e. The molecule has 5 fully saturated rings. The van der Waals surface area contributed by atoms with E-state index < -0.39 is 10.0 Å². The normalized spacial score (nSPS) is 35.3. The summed E-state index contributed by atoms with van der Waals surface area (Å²) in [4.78, 5) is 2.91. The van der Waals surface area contributed by atoms with E-state index in [9.17, 15) is 13.5 Å². The molecule has 4 bridgehead atoms. The van der Waals surface area contributed by atoms with Gasteiger partial charge >= 0.3 is 0 Å². The highest BCUT2D eigenvalue weighted by molar-refractivity contribution is 7.93. The van der Waals surface area contributed by atoms with Crippen molar-refractivity contribution in [1.29, 1.82) is 0 Å². The minimum atomic E-state index is -3.48. The van der Waals surface area contributed by atoms with Crippen LogP contribution >= 0.6 is 0 Å². The summed E-state index contributed by atoms with van der Waals surface area (Å²) in [5.74, 6) is 2.94. The number of hydrogen-bond donors (Lipinski definition) is 1. The van der Waals surface area contributed by atoms with Gasteiger partial charge in [-0.1, -0.05) is 24.3 Å². The van der Waals surface area contributed by atoms with Crippen molar-refractivity contribution < 1.29 is 13.5 Å². The number of anilines is 1. The van der Waals surface area contributed by atoms with Crippen LogP contribution in [0, 0.1) is 29.1 Å². The summed E-state index contributed by atoms with van der Waals surface area (Å²) in [6.45, 7) is 3.27. The number of aliphatic hydroxyl groups excluding tert-OH is 1. The van der Waals surface area contributed by atoms with E-state index in [1.807, 2.05) is 30.3 Å². The average molecular weight is 481 g/mol. The van der Waals surface area contributed by atoms with Crippen LogP contribution in [0.4, 0.5) is 5.69 Å². The lowest BCUT2D eigenvalue weighted by atomic mass is 9.48. The van der Waals surface area contributed by atoms with Gasteiger partial charge in [0.2, 0.25) is 0 Å². The zero-order chi connectivity index (χ0) is 23.1. The summed E-state index contributed by atoms with van der Waals surface area (Å²) in [7, 11) is -3.48.